The molecular formula is C11H11B. The van der Waals surface area contributed by atoms with Crippen molar-refractivity contribution in [3.05, 3.63) is 41.4 Å². The minimum atomic E-state index is 1.13. The van der Waals surface area contributed by atoms with Crippen LogP contribution in [0.2, 0.25) is 0 Å². The average molecular weight is 154 g/mol. The van der Waals surface area contributed by atoms with E-state index in [-0.39, 0.29) is 0 Å². The molecule has 2 radical (unpaired) electrons. The fraction of sp³-hybridized carbons (Fsp3) is 0.273. The highest BCUT2D eigenvalue weighted by Crippen LogP contribution is 2.29. The van der Waals surface area contributed by atoms with E-state index < -0.39 is 0 Å². The van der Waals surface area contributed by atoms with Crippen molar-refractivity contribution < 1.29 is 0 Å². The molecular weight excluding hydrogens is 143 g/mol. The lowest BCUT2D eigenvalue weighted by Crippen LogP contribution is -2.00. The molecule has 0 bridgehead atoms. The van der Waals surface area contributed by atoms with Gasteiger partial charge in [0.1, 0.15) is 7.85 Å². The minimum absolute atomic E-state index is 1.13. The quantitative estimate of drug-likeness (QED) is 0.503. The molecule has 1 aromatic carbocycles. The zero-order valence-electron chi connectivity index (χ0n) is 7.09. The molecule has 1 aliphatic rings. The van der Waals surface area contributed by atoms with Gasteiger partial charge in [-0.1, -0.05) is 29.8 Å². The molecule has 0 nitrogen and oxygen atoms in total. The summed E-state index contributed by atoms with van der Waals surface area (Å²) in [6.45, 7) is 0. The summed E-state index contributed by atoms with van der Waals surface area (Å²) in [6, 6.07) is 8.52. The van der Waals surface area contributed by atoms with Gasteiger partial charge in [-0.3, -0.25) is 0 Å². The fourth-order valence-corrected chi connectivity index (χ4v) is 1.83. The smallest absolute Gasteiger partial charge is 0.103 e. The van der Waals surface area contributed by atoms with Crippen molar-refractivity contribution in [1.82, 2.24) is 0 Å². The first-order chi connectivity index (χ1) is 5.92. The lowest BCUT2D eigenvalue weighted by Gasteiger charge is -2.18. The molecule has 0 saturated carbocycles. The lowest BCUT2D eigenvalue weighted by molar-refractivity contribution is 0.823. The molecule has 0 atom stereocenters. The van der Waals surface area contributed by atoms with Crippen LogP contribution in [0, 0.1) is 0 Å². The maximum atomic E-state index is 5.56. The van der Waals surface area contributed by atoms with Crippen LogP contribution in [0.5, 0.6) is 0 Å². The monoisotopic (exact) mass is 154 g/mol. The van der Waals surface area contributed by atoms with Gasteiger partial charge >= 0.3 is 0 Å². The Kier molecular flexibility index (Phi) is 2.03. The Balaban J connectivity index is 2.51. The van der Waals surface area contributed by atoms with Crippen molar-refractivity contribution >= 4 is 13.4 Å². The summed E-state index contributed by atoms with van der Waals surface area (Å²) >= 11 is 0. The lowest BCUT2D eigenvalue weighted by atomic mass is 9.85. The van der Waals surface area contributed by atoms with Gasteiger partial charge in [0.25, 0.3) is 0 Å². The van der Waals surface area contributed by atoms with Crippen LogP contribution in [0.15, 0.2) is 30.2 Å². The Morgan fingerprint density at radius 3 is 2.83 bits per heavy atom. The van der Waals surface area contributed by atoms with E-state index in [1.807, 2.05) is 0 Å². The molecule has 1 aromatic rings. The second-order valence-corrected chi connectivity index (χ2v) is 3.20. The first-order valence-electron chi connectivity index (χ1n) is 4.41. The van der Waals surface area contributed by atoms with E-state index in [1.54, 1.807) is 5.98 Å². The van der Waals surface area contributed by atoms with E-state index in [9.17, 15) is 0 Å². The van der Waals surface area contributed by atoms with Crippen molar-refractivity contribution in [2.45, 2.75) is 19.3 Å². The summed E-state index contributed by atoms with van der Waals surface area (Å²) < 4.78 is 0. The standard InChI is InChI=1S/C11H11B/c12-8-10-6-3-5-9-4-1-2-7-11(9)10/h1-2,4,7-8H,3,5-6H2/b10-8+. The normalized spacial score (nSPS) is 19.2. The van der Waals surface area contributed by atoms with Crippen LogP contribution in [0.25, 0.3) is 5.57 Å². The average Bonchev–Trinajstić information content (AvgIpc) is 2.17. The predicted octanol–water partition coefficient (Wildman–Crippen LogP) is 2.53. The largest absolute Gasteiger partial charge is 0.128 e. The summed E-state index contributed by atoms with van der Waals surface area (Å²) in [5.74, 6) is 1.75. The van der Waals surface area contributed by atoms with Crippen LogP contribution < -0.4 is 0 Å². The van der Waals surface area contributed by atoms with Crippen LogP contribution in [-0.4, -0.2) is 7.85 Å². The highest BCUT2D eigenvalue weighted by Gasteiger charge is 2.11. The zero-order valence-corrected chi connectivity index (χ0v) is 7.09. The summed E-state index contributed by atoms with van der Waals surface area (Å²) in [7, 11) is 5.56. The molecule has 58 valence electrons. The molecule has 2 rings (SSSR count). The van der Waals surface area contributed by atoms with Crippen molar-refractivity contribution in [3.8, 4) is 0 Å². The number of hydrogen-bond acceptors (Lipinski definition) is 0. The molecule has 0 N–H and O–H groups in total. The summed E-state index contributed by atoms with van der Waals surface area (Å²) in [5, 5.41) is 0. The van der Waals surface area contributed by atoms with Gasteiger partial charge in [-0.05, 0) is 30.4 Å². The van der Waals surface area contributed by atoms with Gasteiger partial charge in [-0.25, -0.2) is 0 Å². The number of aryl methyl sites for hydroxylation is 1. The third-order valence-corrected chi connectivity index (χ3v) is 2.46. The SMILES string of the molecule is [B]/C=C1\CCCc2ccccc21. The maximum Gasteiger partial charge on any atom is 0.103 e. The number of hydrogen-bond donors (Lipinski definition) is 0. The molecule has 1 heteroatoms. The molecule has 0 unspecified atom stereocenters. The van der Waals surface area contributed by atoms with E-state index >= 15 is 0 Å². The van der Waals surface area contributed by atoms with Crippen LogP contribution in [0.3, 0.4) is 0 Å². The first-order valence-corrected chi connectivity index (χ1v) is 4.41. The van der Waals surface area contributed by atoms with E-state index in [0.717, 1.165) is 6.42 Å². The third kappa shape index (κ3) is 1.20. The summed E-state index contributed by atoms with van der Waals surface area (Å²) in [5.41, 5.74) is 4.10. The highest BCUT2D eigenvalue weighted by atomic mass is 14.2. The number of allylic oxidation sites excluding steroid dienone is 1. The van der Waals surface area contributed by atoms with Gasteiger partial charge in [0.15, 0.2) is 0 Å². The number of rotatable bonds is 0. The molecule has 12 heavy (non-hydrogen) atoms. The van der Waals surface area contributed by atoms with E-state index in [2.05, 4.69) is 24.3 Å². The van der Waals surface area contributed by atoms with Crippen molar-refractivity contribution in [2.75, 3.05) is 0 Å². The van der Waals surface area contributed by atoms with Crippen LogP contribution >= 0.6 is 0 Å². The molecule has 0 aliphatic heterocycles. The fourth-order valence-electron chi connectivity index (χ4n) is 1.83. The Bertz CT molecular complexity index is 313. The Labute approximate surface area is 74.7 Å². The molecule has 0 amide bonds. The third-order valence-electron chi connectivity index (χ3n) is 2.46. The van der Waals surface area contributed by atoms with Crippen LogP contribution in [0.1, 0.15) is 24.0 Å². The van der Waals surface area contributed by atoms with Crippen molar-refractivity contribution in [1.29, 1.82) is 0 Å². The van der Waals surface area contributed by atoms with Crippen LogP contribution in [0.4, 0.5) is 0 Å². The Morgan fingerprint density at radius 2 is 2.00 bits per heavy atom. The second-order valence-electron chi connectivity index (χ2n) is 3.20. The number of fused-ring (bicyclic) bond motifs is 1. The molecule has 0 heterocycles. The molecule has 0 aromatic heterocycles. The summed E-state index contributed by atoms with van der Waals surface area (Å²) in [6.07, 6.45) is 3.57. The van der Waals surface area contributed by atoms with Crippen molar-refractivity contribution in [3.63, 3.8) is 0 Å². The van der Waals surface area contributed by atoms with E-state index in [1.165, 1.54) is 29.5 Å². The Morgan fingerprint density at radius 1 is 1.17 bits per heavy atom. The van der Waals surface area contributed by atoms with Gasteiger partial charge in [-0.15, -0.1) is 5.98 Å². The predicted molar refractivity (Wildman–Crippen MR) is 53.1 cm³/mol. The zero-order chi connectivity index (χ0) is 8.39. The van der Waals surface area contributed by atoms with Gasteiger partial charge in [0.2, 0.25) is 0 Å². The van der Waals surface area contributed by atoms with E-state index in [4.69, 9.17) is 7.85 Å². The second kappa shape index (κ2) is 3.18. The molecule has 1 aliphatic carbocycles. The van der Waals surface area contributed by atoms with Gasteiger partial charge in [0.05, 0.1) is 0 Å². The Hall–Kier alpha value is -0.975. The molecule has 0 saturated heterocycles. The number of benzene rings is 1. The van der Waals surface area contributed by atoms with Gasteiger partial charge < -0.3 is 0 Å². The highest BCUT2D eigenvalue weighted by molar-refractivity contribution is 6.20. The summed E-state index contributed by atoms with van der Waals surface area (Å²) in [4.78, 5) is 0. The van der Waals surface area contributed by atoms with Crippen molar-refractivity contribution in [2.24, 2.45) is 0 Å². The molecule has 0 fully saturated rings. The topological polar surface area (TPSA) is 0 Å². The maximum absolute atomic E-state index is 5.56. The van der Waals surface area contributed by atoms with E-state index in [0.29, 0.717) is 0 Å². The van der Waals surface area contributed by atoms with Gasteiger partial charge in [0, 0.05) is 0 Å². The molecule has 0 spiro atoms. The van der Waals surface area contributed by atoms with Crippen LogP contribution in [-0.2, 0) is 6.42 Å². The first kappa shape index (κ1) is 7.66. The van der Waals surface area contributed by atoms with Gasteiger partial charge in [-0.2, -0.15) is 0 Å². The minimum Gasteiger partial charge on any atom is -0.128 e.